The molecule has 0 bridgehead atoms. The van der Waals surface area contributed by atoms with Gasteiger partial charge in [-0.1, -0.05) is 60.7 Å². The van der Waals surface area contributed by atoms with Crippen molar-refractivity contribution < 1.29 is 14.7 Å². The number of aryl methyl sites for hydroxylation is 1. The summed E-state index contributed by atoms with van der Waals surface area (Å²) in [7, 11) is 0. The summed E-state index contributed by atoms with van der Waals surface area (Å²) in [5.41, 5.74) is 4.26. The molecule has 0 aliphatic heterocycles. The highest BCUT2D eigenvalue weighted by atomic mass is 16.4. The van der Waals surface area contributed by atoms with Gasteiger partial charge < -0.3 is 15.0 Å². The summed E-state index contributed by atoms with van der Waals surface area (Å²) < 4.78 is 2.14. The molecular formula is C24H26N2O3. The highest BCUT2D eigenvalue weighted by Gasteiger charge is 2.23. The molecule has 2 N–H and O–H groups in total. The van der Waals surface area contributed by atoms with Gasteiger partial charge in [0.25, 0.3) is 5.91 Å². The van der Waals surface area contributed by atoms with E-state index < -0.39 is 11.9 Å². The zero-order valence-electron chi connectivity index (χ0n) is 16.9. The molecule has 2 atom stereocenters. The number of carboxylic acids is 1. The van der Waals surface area contributed by atoms with E-state index in [1.165, 1.54) is 0 Å². The van der Waals surface area contributed by atoms with Crippen LogP contribution < -0.4 is 5.32 Å². The zero-order chi connectivity index (χ0) is 21.0. The van der Waals surface area contributed by atoms with Crippen molar-refractivity contribution in [1.82, 2.24) is 9.88 Å². The summed E-state index contributed by atoms with van der Waals surface area (Å²) in [6.45, 7) is 6.05. The topological polar surface area (TPSA) is 71.3 Å². The van der Waals surface area contributed by atoms with Crippen molar-refractivity contribution in [2.75, 3.05) is 6.54 Å². The lowest BCUT2D eigenvalue weighted by atomic mass is 9.99. The lowest BCUT2D eigenvalue weighted by Crippen LogP contribution is -2.32. The molecule has 1 aromatic heterocycles. The third-order valence-corrected chi connectivity index (χ3v) is 5.37. The van der Waals surface area contributed by atoms with Gasteiger partial charge in [0.15, 0.2) is 0 Å². The predicted molar refractivity (Wildman–Crippen MR) is 113 cm³/mol. The maximum atomic E-state index is 12.8. The van der Waals surface area contributed by atoms with Gasteiger partial charge in [-0.3, -0.25) is 9.59 Å². The molecule has 0 spiro atoms. The second-order valence-electron chi connectivity index (χ2n) is 7.25. The average molecular weight is 390 g/mol. The average Bonchev–Trinajstić information content (AvgIpc) is 3.03. The number of carbonyl (C=O) groups is 2. The summed E-state index contributed by atoms with van der Waals surface area (Å²) in [5.74, 6) is -2.00. The van der Waals surface area contributed by atoms with Gasteiger partial charge in [0.1, 0.15) is 0 Å². The van der Waals surface area contributed by atoms with Crippen molar-refractivity contribution in [1.29, 1.82) is 0 Å². The van der Waals surface area contributed by atoms with Crippen LogP contribution in [0.15, 0.2) is 66.7 Å². The zero-order valence-corrected chi connectivity index (χ0v) is 16.9. The van der Waals surface area contributed by atoms with Gasteiger partial charge in [0, 0.05) is 17.9 Å². The van der Waals surface area contributed by atoms with Crippen LogP contribution in [0.1, 0.15) is 51.8 Å². The Hall–Kier alpha value is -3.34. The maximum absolute atomic E-state index is 12.8. The summed E-state index contributed by atoms with van der Waals surface area (Å²) in [5, 5.41) is 12.4. The first-order valence-corrected chi connectivity index (χ1v) is 9.69. The minimum absolute atomic E-state index is 0.0378. The van der Waals surface area contributed by atoms with Gasteiger partial charge in [-0.05, 0) is 38.0 Å². The van der Waals surface area contributed by atoms with Gasteiger partial charge in [-0.15, -0.1) is 0 Å². The van der Waals surface area contributed by atoms with E-state index in [-0.39, 0.29) is 18.5 Å². The molecule has 29 heavy (non-hydrogen) atoms. The Kier molecular flexibility index (Phi) is 6.17. The van der Waals surface area contributed by atoms with Gasteiger partial charge in [-0.2, -0.15) is 0 Å². The van der Waals surface area contributed by atoms with E-state index in [0.29, 0.717) is 11.1 Å². The maximum Gasteiger partial charge on any atom is 0.312 e. The molecule has 0 aliphatic carbocycles. The van der Waals surface area contributed by atoms with Gasteiger partial charge in [0.2, 0.25) is 0 Å². The normalized spacial score (nSPS) is 12.9. The number of carbonyl (C=O) groups excluding carboxylic acids is 1. The van der Waals surface area contributed by atoms with Crippen LogP contribution in [0.25, 0.3) is 0 Å². The molecule has 3 aromatic rings. The molecule has 1 amide bonds. The minimum Gasteiger partial charge on any atom is -0.481 e. The molecule has 0 aliphatic rings. The number of hydrogen-bond donors (Lipinski definition) is 2. The lowest BCUT2D eigenvalue weighted by Gasteiger charge is -2.19. The second kappa shape index (κ2) is 8.78. The van der Waals surface area contributed by atoms with Crippen molar-refractivity contribution in [3.05, 3.63) is 94.8 Å². The fourth-order valence-corrected chi connectivity index (χ4v) is 3.81. The van der Waals surface area contributed by atoms with Crippen LogP contribution in [0.2, 0.25) is 0 Å². The van der Waals surface area contributed by atoms with E-state index in [1.54, 1.807) is 24.3 Å². The van der Waals surface area contributed by atoms with Crippen molar-refractivity contribution >= 4 is 11.9 Å². The van der Waals surface area contributed by atoms with Crippen LogP contribution >= 0.6 is 0 Å². The Balaban J connectivity index is 1.79. The van der Waals surface area contributed by atoms with Crippen LogP contribution in [-0.2, 0) is 4.79 Å². The SMILES string of the molecule is Cc1cc(C(=O)NCC(C(=O)O)c2ccccc2)c(C)n1C(C)c1ccccc1. The minimum atomic E-state index is -0.959. The summed E-state index contributed by atoms with van der Waals surface area (Å²) >= 11 is 0. The van der Waals surface area contributed by atoms with Crippen LogP contribution in [-0.4, -0.2) is 28.1 Å². The summed E-state index contributed by atoms with van der Waals surface area (Å²) in [6, 6.07) is 21.0. The third-order valence-electron chi connectivity index (χ3n) is 5.37. The predicted octanol–water partition coefficient (Wildman–Crippen LogP) is 4.31. The molecule has 2 unspecified atom stereocenters. The number of nitrogens with zero attached hydrogens (tertiary/aromatic N) is 1. The van der Waals surface area contributed by atoms with Crippen LogP contribution in [0, 0.1) is 13.8 Å². The van der Waals surface area contributed by atoms with Gasteiger partial charge >= 0.3 is 5.97 Å². The Labute approximate surface area is 171 Å². The molecule has 0 fully saturated rings. The van der Waals surface area contributed by atoms with Crippen molar-refractivity contribution in [3.8, 4) is 0 Å². The summed E-state index contributed by atoms with van der Waals surface area (Å²) in [4.78, 5) is 24.5. The Bertz CT molecular complexity index is 994. The van der Waals surface area contributed by atoms with Gasteiger partial charge in [0.05, 0.1) is 17.5 Å². The van der Waals surface area contributed by atoms with Crippen LogP contribution in [0.3, 0.4) is 0 Å². The van der Waals surface area contributed by atoms with E-state index in [0.717, 1.165) is 17.0 Å². The molecule has 0 saturated carbocycles. The number of benzene rings is 2. The number of hydrogen-bond acceptors (Lipinski definition) is 2. The molecular weight excluding hydrogens is 364 g/mol. The first kappa shape index (κ1) is 20.4. The second-order valence-corrected chi connectivity index (χ2v) is 7.25. The Morgan fingerprint density at radius 3 is 2.07 bits per heavy atom. The van der Waals surface area contributed by atoms with Crippen LogP contribution in [0.5, 0.6) is 0 Å². The first-order chi connectivity index (χ1) is 13.9. The smallest absolute Gasteiger partial charge is 0.312 e. The third kappa shape index (κ3) is 4.40. The molecule has 5 nitrogen and oxygen atoms in total. The lowest BCUT2D eigenvalue weighted by molar-refractivity contribution is -0.138. The monoisotopic (exact) mass is 390 g/mol. The first-order valence-electron chi connectivity index (χ1n) is 9.69. The molecule has 1 heterocycles. The number of amides is 1. The molecule has 3 rings (SSSR count). The van der Waals surface area contributed by atoms with E-state index in [1.807, 2.05) is 44.2 Å². The summed E-state index contributed by atoms with van der Waals surface area (Å²) in [6.07, 6.45) is 0. The standard InChI is InChI=1S/C24H26N2O3/c1-16-14-21(18(3)26(16)17(2)19-10-6-4-7-11-19)23(27)25-15-22(24(28)29)20-12-8-5-9-13-20/h4-14,17,22H,15H2,1-3H3,(H,25,27)(H,28,29). The number of nitrogens with one attached hydrogen (secondary N) is 1. The number of carboxylic acid groups (broad SMARTS) is 1. The number of rotatable bonds is 7. The quantitative estimate of drug-likeness (QED) is 0.631. The number of aromatic nitrogens is 1. The highest BCUT2D eigenvalue weighted by molar-refractivity contribution is 5.96. The Morgan fingerprint density at radius 1 is 0.966 bits per heavy atom. The molecule has 5 heteroatoms. The molecule has 2 aromatic carbocycles. The van der Waals surface area contributed by atoms with Crippen molar-refractivity contribution in [2.45, 2.75) is 32.7 Å². The Morgan fingerprint density at radius 2 is 1.52 bits per heavy atom. The highest BCUT2D eigenvalue weighted by Crippen LogP contribution is 2.25. The van der Waals surface area contributed by atoms with E-state index in [2.05, 4.69) is 28.9 Å². The fourth-order valence-electron chi connectivity index (χ4n) is 3.81. The molecule has 0 saturated heterocycles. The molecule has 150 valence electrons. The van der Waals surface area contributed by atoms with Crippen LogP contribution in [0.4, 0.5) is 0 Å². The van der Waals surface area contributed by atoms with Crippen molar-refractivity contribution in [2.24, 2.45) is 0 Å². The number of aliphatic carboxylic acids is 1. The fraction of sp³-hybridized carbons (Fsp3) is 0.250. The molecule has 0 radical (unpaired) electrons. The van der Waals surface area contributed by atoms with E-state index in [9.17, 15) is 14.7 Å². The largest absolute Gasteiger partial charge is 0.481 e. The van der Waals surface area contributed by atoms with Crippen molar-refractivity contribution in [3.63, 3.8) is 0 Å². The van der Waals surface area contributed by atoms with E-state index >= 15 is 0 Å². The van der Waals surface area contributed by atoms with Gasteiger partial charge in [-0.25, -0.2) is 0 Å². The van der Waals surface area contributed by atoms with E-state index in [4.69, 9.17) is 0 Å².